The summed E-state index contributed by atoms with van der Waals surface area (Å²) in [7, 11) is 0. The Hall–Kier alpha value is -1.29. The number of rotatable bonds is 1. The molecule has 4 nitrogen and oxygen atoms in total. The van der Waals surface area contributed by atoms with Crippen molar-refractivity contribution in [3.63, 3.8) is 0 Å². The summed E-state index contributed by atoms with van der Waals surface area (Å²) >= 11 is 0. The van der Waals surface area contributed by atoms with Crippen molar-refractivity contribution in [2.75, 3.05) is 0 Å². The number of hydrogen-bond acceptors (Lipinski definition) is 3. The van der Waals surface area contributed by atoms with Crippen molar-refractivity contribution >= 4 is 17.9 Å². The SMILES string of the molecule is CC[C@@]1(O)C(=O)CC2C(=O)N=CC=C21. The van der Waals surface area contributed by atoms with Crippen LogP contribution >= 0.6 is 0 Å². The van der Waals surface area contributed by atoms with Gasteiger partial charge in [-0.25, -0.2) is 4.99 Å². The van der Waals surface area contributed by atoms with E-state index in [9.17, 15) is 14.7 Å². The van der Waals surface area contributed by atoms with Crippen LogP contribution in [0.1, 0.15) is 19.8 Å². The van der Waals surface area contributed by atoms with Gasteiger partial charge in [0.15, 0.2) is 5.78 Å². The molecule has 4 heteroatoms. The first kappa shape index (κ1) is 9.27. The lowest BCUT2D eigenvalue weighted by Gasteiger charge is -2.23. The molecule has 74 valence electrons. The fourth-order valence-corrected chi connectivity index (χ4v) is 2.07. The predicted octanol–water partition coefficient (Wildman–Crippen LogP) is 0.254. The van der Waals surface area contributed by atoms with Gasteiger partial charge in [0.1, 0.15) is 5.60 Å². The Bertz CT molecular complexity index is 370. The van der Waals surface area contributed by atoms with Gasteiger partial charge in [0.25, 0.3) is 5.91 Å². The summed E-state index contributed by atoms with van der Waals surface area (Å²) in [5, 5.41) is 10.0. The van der Waals surface area contributed by atoms with Gasteiger partial charge in [-0.15, -0.1) is 0 Å². The number of dihydropyridines is 1. The van der Waals surface area contributed by atoms with Gasteiger partial charge in [-0.2, -0.15) is 0 Å². The molecule has 0 saturated heterocycles. The first-order chi connectivity index (χ1) is 6.59. The standard InChI is InChI=1S/C10H11NO3/c1-2-10(14)7-3-4-11-9(13)6(7)5-8(10)12/h3-4,6,14H,2,5H2,1H3/t6?,10-/m0/s1. The first-order valence-electron chi connectivity index (χ1n) is 4.64. The monoisotopic (exact) mass is 193 g/mol. The van der Waals surface area contributed by atoms with Crippen LogP contribution < -0.4 is 0 Å². The average Bonchev–Trinajstić information content (AvgIpc) is 2.43. The Kier molecular flexibility index (Phi) is 1.89. The molecule has 2 atom stereocenters. The maximum absolute atomic E-state index is 11.5. The van der Waals surface area contributed by atoms with Gasteiger partial charge in [-0.05, 0) is 18.1 Å². The molecule has 0 spiro atoms. The zero-order chi connectivity index (χ0) is 10.3. The molecule has 14 heavy (non-hydrogen) atoms. The van der Waals surface area contributed by atoms with Gasteiger partial charge in [0.05, 0.1) is 5.92 Å². The molecule has 1 aliphatic carbocycles. The molecule has 0 aromatic rings. The quantitative estimate of drug-likeness (QED) is 0.649. The number of nitrogens with zero attached hydrogens (tertiary/aromatic N) is 1. The van der Waals surface area contributed by atoms with E-state index in [4.69, 9.17) is 0 Å². The lowest BCUT2D eigenvalue weighted by atomic mass is 9.88. The molecule has 1 N–H and O–H groups in total. The van der Waals surface area contributed by atoms with Gasteiger partial charge in [-0.3, -0.25) is 9.59 Å². The van der Waals surface area contributed by atoms with Crippen LogP contribution in [-0.4, -0.2) is 28.6 Å². The van der Waals surface area contributed by atoms with E-state index in [1.165, 1.54) is 6.21 Å². The second-order valence-corrected chi connectivity index (χ2v) is 3.63. The molecule has 1 amide bonds. The summed E-state index contributed by atoms with van der Waals surface area (Å²) in [6, 6.07) is 0. The molecule has 0 radical (unpaired) electrons. The van der Waals surface area contributed by atoms with Crippen molar-refractivity contribution in [1.29, 1.82) is 0 Å². The molecule has 0 aromatic heterocycles. The number of hydrogen-bond donors (Lipinski definition) is 1. The van der Waals surface area contributed by atoms with E-state index in [1.807, 2.05) is 0 Å². The highest BCUT2D eigenvalue weighted by molar-refractivity contribution is 6.06. The van der Waals surface area contributed by atoms with E-state index in [0.29, 0.717) is 12.0 Å². The number of carbonyl (C=O) groups excluding carboxylic acids is 2. The van der Waals surface area contributed by atoms with Crippen molar-refractivity contribution in [3.8, 4) is 0 Å². The van der Waals surface area contributed by atoms with E-state index in [-0.39, 0.29) is 18.1 Å². The minimum absolute atomic E-state index is 0.0896. The number of carbonyl (C=O) groups is 2. The number of Topliss-reactive ketones (excluding diaryl/α,β-unsaturated/α-hetero) is 1. The largest absolute Gasteiger partial charge is 0.378 e. The van der Waals surface area contributed by atoms with Gasteiger partial charge in [0, 0.05) is 12.6 Å². The smallest absolute Gasteiger partial charge is 0.253 e. The summed E-state index contributed by atoms with van der Waals surface area (Å²) in [5.74, 6) is -1.10. The van der Waals surface area contributed by atoms with Gasteiger partial charge < -0.3 is 5.11 Å². The Morgan fingerprint density at radius 2 is 2.36 bits per heavy atom. The fourth-order valence-electron chi connectivity index (χ4n) is 2.07. The highest BCUT2D eigenvalue weighted by Crippen LogP contribution is 2.40. The van der Waals surface area contributed by atoms with E-state index in [2.05, 4.69) is 4.99 Å². The third-order valence-electron chi connectivity index (χ3n) is 2.97. The van der Waals surface area contributed by atoms with Crippen LogP contribution in [0.5, 0.6) is 0 Å². The van der Waals surface area contributed by atoms with Crippen molar-refractivity contribution in [2.24, 2.45) is 10.9 Å². The second-order valence-electron chi connectivity index (χ2n) is 3.63. The van der Waals surface area contributed by atoms with E-state index < -0.39 is 11.5 Å². The lowest BCUT2D eigenvalue weighted by Crippen LogP contribution is -2.35. The number of ketones is 1. The van der Waals surface area contributed by atoms with Crippen LogP contribution in [0.3, 0.4) is 0 Å². The van der Waals surface area contributed by atoms with Crippen molar-refractivity contribution < 1.29 is 14.7 Å². The number of amides is 1. The Labute approximate surface area is 81.3 Å². The summed E-state index contributed by atoms with van der Waals surface area (Å²) in [6.07, 6.45) is 3.34. The molecule has 1 fully saturated rings. The normalized spacial score (nSPS) is 35.9. The third kappa shape index (κ3) is 1.00. The summed E-state index contributed by atoms with van der Waals surface area (Å²) in [4.78, 5) is 26.5. The van der Waals surface area contributed by atoms with Crippen molar-refractivity contribution in [1.82, 2.24) is 0 Å². The summed E-state index contributed by atoms with van der Waals surface area (Å²) in [6.45, 7) is 1.73. The third-order valence-corrected chi connectivity index (χ3v) is 2.97. The minimum Gasteiger partial charge on any atom is -0.378 e. The van der Waals surface area contributed by atoms with Crippen LogP contribution in [-0.2, 0) is 9.59 Å². The molecule has 2 rings (SSSR count). The maximum Gasteiger partial charge on any atom is 0.253 e. The van der Waals surface area contributed by atoms with Crippen molar-refractivity contribution in [2.45, 2.75) is 25.4 Å². The van der Waals surface area contributed by atoms with Crippen LogP contribution in [0, 0.1) is 5.92 Å². The first-order valence-corrected chi connectivity index (χ1v) is 4.64. The lowest BCUT2D eigenvalue weighted by molar-refractivity contribution is -0.131. The number of aliphatic imine (C=N–C) groups is 1. The topological polar surface area (TPSA) is 66.7 Å². The molecule has 2 aliphatic rings. The number of allylic oxidation sites excluding steroid dienone is 1. The molecule has 1 unspecified atom stereocenters. The molecule has 1 aliphatic heterocycles. The Morgan fingerprint density at radius 1 is 1.64 bits per heavy atom. The molecular formula is C10H11NO3. The molecule has 1 saturated carbocycles. The zero-order valence-electron chi connectivity index (χ0n) is 7.86. The van der Waals surface area contributed by atoms with E-state index in [1.54, 1.807) is 13.0 Å². The maximum atomic E-state index is 11.5. The molecule has 1 heterocycles. The molecular weight excluding hydrogens is 182 g/mol. The van der Waals surface area contributed by atoms with Crippen LogP contribution in [0.25, 0.3) is 0 Å². The van der Waals surface area contributed by atoms with Gasteiger partial charge >= 0.3 is 0 Å². The Morgan fingerprint density at radius 3 is 3.00 bits per heavy atom. The Balaban J connectivity index is 2.48. The molecule has 0 bridgehead atoms. The highest BCUT2D eigenvalue weighted by Gasteiger charge is 2.51. The van der Waals surface area contributed by atoms with Crippen LogP contribution in [0.4, 0.5) is 0 Å². The van der Waals surface area contributed by atoms with Gasteiger partial charge in [0.2, 0.25) is 0 Å². The average molecular weight is 193 g/mol. The van der Waals surface area contributed by atoms with Crippen LogP contribution in [0.2, 0.25) is 0 Å². The summed E-state index contributed by atoms with van der Waals surface area (Å²) in [5.41, 5.74) is -0.905. The zero-order valence-corrected chi connectivity index (χ0v) is 7.86. The fraction of sp³-hybridized carbons (Fsp3) is 0.500. The van der Waals surface area contributed by atoms with Crippen LogP contribution in [0.15, 0.2) is 16.6 Å². The number of fused-ring (bicyclic) bond motifs is 1. The van der Waals surface area contributed by atoms with E-state index >= 15 is 0 Å². The summed E-state index contributed by atoms with van der Waals surface area (Å²) < 4.78 is 0. The molecule has 0 aromatic carbocycles. The number of aliphatic hydroxyl groups is 1. The predicted molar refractivity (Wildman–Crippen MR) is 49.9 cm³/mol. The van der Waals surface area contributed by atoms with Crippen molar-refractivity contribution in [3.05, 3.63) is 11.6 Å². The highest BCUT2D eigenvalue weighted by atomic mass is 16.3. The minimum atomic E-state index is -1.42. The van der Waals surface area contributed by atoms with E-state index in [0.717, 1.165) is 0 Å². The van der Waals surface area contributed by atoms with Gasteiger partial charge in [-0.1, -0.05) is 6.92 Å². The second kappa shape index (κ2) is 2.85.